The van der Waals surface area contributed by atoms with Gasteiger partial charge in [-0.05, 0) is 36.8 Å². The van der Waals surface area contributed by atoms with Gasteiger partial charge < -0.3 is 19.3 Å². The molecule has 3 aromatic rings. The number of imide groups is 1. The van der Waals surface area contributed by atoms with E-state index in [1.165, 1.54) is 0 Å². The SMILES string of the molecule is CC1(c2ccc3c(c2)OCCO3)NC(=O)N(Cc2nc(-c3cccc(Br)c3)no2)C1=O. The zero-order valence-corrected chi connectivity index (χ0v) is 18.0. The lowest BCUT2D eigenvalue weighted by molar-refractivity contribution is -0.131. The van der Waals surface area contributed by atoms with Crippen molar-refractivity contribution >= 4 is 27.9 Å². The quantitative estimate of drug-likeness (QED) is 0.566. The summed E-state index contributed by atoms with van der Waals surface area (Å²) < 4.78 is 17.3. The minimum Gasteiger partial charge on any atom is -0.486 e. The number of carbonyl (C=O) groups excluding carboxylic acids is 2. The maximum absolute atomic E-state index is 13.2. The standard InChI is InChI=1S/C21H17BrN4O5/c1-21(13-5-6-15-16(10-13)30-8-7-29-15)19(27)26(20(28)24-21)11-17-23-18(25-31-17)12-3-2-4-14(22)9-12/h2-6,9-10H,7-8,11H2,1H3,(H,24,28). The van der Waals surface area contributed by atoms with Crippen LogP contribution < -0.4 is 14.8 Å². The predicted octanol–water partition coefficient (Wildman–Crippen LogP) is 3.24. The molecule has 2 aliphatic heterocycles. The molecule has 1 saturated heterocycles. The van der Waals surface area contributed by atoms with E-state index in [0.29, 0.717) is 36.1 Å². The number of benzene rings is 2. The number of fused-ring (bicyclic) bond motifs is 1. The Bertz CT molecular complexity index is 1200. The second-order valence-corrected chi connectivity index (χ2v) is 8.24. The van der Waals surface area contributed by atoms with Crippen molar-refractivity contribution in [3.05, 3.63) is 58.4 Å². The molecule has 9 nitrogen and oxygen atoms in total. The van der Waals surface area contributed by atoms with Gasteiger partial charge in [-0.1, -0.05) is 39.3 Å². The molecule has 1 unspecified atom stereocenters. The van der Waals surface area contributed by atoms with Crippen LogP contribution in [0, 0.1) is 0 Å². The molecule has 0 aliphatic carbocycles. The molecule has 1 atom stereocenters. The maximum Gasteiger partial charge on any atom is 0.325 e. The molecule has 0 saturated carbocycles. The zero-order valence-electron chi connectivity index (χ0n) is 16.4. The van der Waals surface area contributed by atoms with E-state index in [0.717, 1.165) is 14.9 Å². The van der Waals surface area contributed by atoms with Crippen LogP contribution in [-0.4, -0.2) is 40.2 Å². The Kier molecular flexibility index (Phi) is 4.66. The molecule has 0 bridgehead atoms. The van der Waals surface area contributed by atoms with Crippen LogP contribution in [0.25, 0.3) is 11.4 Å². The molecule has 0 radical (unpaired) electrons. The number of rotatable bonds is 4. The van der Waals surface area contributed by atoms with Crippen molar-refractivity contribution in [3.8, 4) is 22.9 Å². The number of nitrogens with zero attached hydrogens (tertiary/aromatic N) is 3. The number of ether oxygens (including phenoxy) is 2. The average molecular weight is 485 g/mol. The largest absolute Gasteiger partial charge is 0.486 e. The van der Waals surface area contributed by atoms with Gasteiger partial charge in [-0.15, -0.1) is 0 Å². The van der Waals surface area contributed by atoms with Crippen LogP contribution >= 0.6 is 15.9 Å². The van der Waals surface area contributed by atoms with Crippen molar-refractivity contribution in [1.82, 2.24) is 20.4 Å². The number of halogens is 1. The molecule has 10 heteroatoms. The van der Waals surface area contributed by atoms with Crippen LogP contribution in [0.2, 0.25) is 0 Å². The van der Waals surface area contributed by atoms with Crippen LogP contribution in [0.15, 0.2) is 51.5 Å². The minimum absolute atomic E-state index is 0.133. The highest BCUT2D eigenvalue weighted by molar-refractivity contribution is 9.10. The molecule has 158 valence electrons. The van der Waals surface area contributed by atoms with Crippen molar-refractivity contribution < 1.29 is 23.6 Å². The molecule has 2 aliphatic rings. The summed E-state index contributed by atoms with van der Waals surface area (Å²) in [6.45, 7) is 2.42. The van der Waals surface area contributed by atoms with Gasteiger partial charge in [0.25, 0.3) is 5.91 Å². The van der Waals surface area contributed by atoms with E-state index in [2.05, 4.69) is 31.4 Å². The lowest BCUT2D eigenvalue weighted by Gasteiger charge is -2.25. The molecule has 0 spiro atoms. The van der Waals surface area contributed by atoms with Gasteiger partial charge in [0.05, 0.1) is 0 Å². The molecule has 5 rings (SSSR count). The smallest absolute Gasteiger partial charge is 0.325 e. The van der Waals surface area contributed by atoms with Gasteiger partial charge in [-0.2, -0.15) is 4.98 Å². The van der Waals surface area contributed by atoms with Crippen molar-refractivity contribution in [3.63, 3.8) is 0 Å². The molecule has 1 aromatic heterocycles. The third kappa shape index (κ3) is 3.42. The Hall–Kier alpha value is -3.40. The molecule has 2 aromatic carbocycles. The highest BCUT2D eigenvalue weighted by Gasteiger charge is 2.49. The van der Waals surface area contributed by atoms with Crippen LogP contribution in [0.4, 0.5) is 4.79 Å². The number of hydrogen-bond acceptors (Lipinski definition) is 7. The van der Waals surface area contributed by atoms with Gasteiger partial charge >= 0.3 is 6.03 Å². The number of aromatic nitrogens is 2. The summed E-state index contributed by atoms with van der Waals surface area (Å²) in [6, 6.07) is 12.1. The lowest BCUT2D eigenvalue weighted by Crippen LogP contribution is -2.41. The molecular formula is C21H17BrN4O5. The molecule has 1 fully saturated rings. The third-order valence-corrected chi connectivity index (χ3v) is 5.73. The first-order chi connectivity index (χ1) is 14.9. The summed E-state index contributed by atoms with van der Waals surface area (Å²) in [5.41, 5.74) is 0.0979. The van der Waals surface area contributed by atoms with Gasteiger partial charge in [0, 0.05) is 10.0 Å². The number of nitrogens with one attached hydrogen (secondary N) is 1. The van der Waals surface area contributed by atoms with Crippen molar-refractivity contribution in [2.45, 2.75) is 19.0 Å². The van der Waals surface area contributed by atoms with E-state index in [1.54, 1.807) is 25.1 Å². The normalized spacial score (nSPS) is 20.1. The van der Waals surface area contributed by atoms with E-state index in [-0.39, 0.29) is 12.4 Å². The first-order valence-corrected chi connectivity index (χ1v) is 10.4. The molecule has 31 heavy (non-hydrogen) atoms. The first kappa shape index (κ1) is 19.6. The molecule has 3 amide bonds. The fraction of sp³-hybridized carbons (Fsp3) is 0.238. The van der Waals surface area contributed by atoms with Gasteiger partial charge in [-0.3, -0.25) is 9.69 Å². The summed E-state index contributed by atoms with van der Waals surface area (Å²) in [4.78, 5) is 31.2. The lowest BCUT2D eigenvalue weighted by atomic mass is 9.91. The van der Waals surface area contributed by atoms with Crippen LogP contribution in [0.3, 0.4) is 0 Å². The average Bonchev–Trinajstić information content (AvgIpc) is 3.33. The Morgan fingerprint density at radius 2 is 1.94 bits per heavy atom. The zero-order chi connectivity index (χ0) is 21.6. The summed E-state index contributed by atoms with van der Waals surface area (Å²) in [5, 5.41) is 6.72. The topological polar surface area (TPSA) is 107 Å². The van der Waals surface area contributed by atoms with Gasteiger partial charge in [0.1, 0.15) is 25.3 Å². The fourth-order valence-corrected chi connectivity index (χ4v) is 3.99. The van der Waals surface area contributed by atoms with E-state index in [9.17, 15) is 9.59 Å². The van der Waals surface area contributed by atoms with E-state index in [4.69, 9.17) is 14.0 Å². The van der Waals surface area contributed by atoms with Crippen LogP contribution in [-0.2, 0) is 16.9 Å². The van der Waals surface area contributed by atoms with Crippen LogP contribution in [0.1, 0.15) is 18.4 Å². The molecule has 1 N–H and O–H groups in total. The van der Waals surface area contributed by atoms with Gasteiger partial charge in [0.15, 0.2) is 11.5 Å². The Morgan fingerprint density at radius 1 is 1.13 bits per heavy atom. The van der Waals surface area contributed by atoms with Crippen molar-refractivity contribution in [2.75, 3.05) is 13.2 Å². The number of amides is 3. The Labute approximate surface area is 185 Å². The highest BCUT2D eigenvalue weighted by Crippen LogP contribution is 2.37. The summed E-state index contributed by atoms with van der Waals surface area (Å²) in [5.74, 6) is 1.26. The Balaban J connectivity index is 1.38. The van der Waals surface area contributed by atoms with Gasteiger partial charge in [-0.25, -0.2) is 4.79 Å². The van der Waals surface area contributed by atoms with E-state index in [1.807, 2.05) is 24.3 Å². The number of urea groups is 1. The maximum atomic E-state index is 13.2. The summed E-state index contributed by atoms with van der Waals surface area (Å²) in [7, 11) is 0. The Morgan fingerprint density at radius 3 is 2.74 bits per heavy atom. The fourth-order valence-electron chi connectivity index (χ4n) is 3.59. The third-order valence-electron chi connectivity index (χ3n) is 5.24. The molecular weight excluding hydrogens is 468 g/mol. The van der Waals surface area contributed by atoms with Gasteiger partial charge in [0.2, 0.25) is 11.7 Å². The monoisotopic (exact) mass is 484 g/mol. The van der Waals surface area contributed by atoms with Crippen molar-refractivity contribution in [1.29, 1.82) is 0 Å². The highest BCUT2D eigenvalue weighted by atomic mass is 79.9. The minimum atomic E-state index is -1.25. The van der Waals surface area contributed by atoms with E-state index < -0.39 is 17.5 Å². The second kappa shape index (κ2) is 7.38. The van der Waals surface area contributed by atoms with E-state index >= 15 is 0 Å². The second-order valence-electron chi connectivity index (χ2n) is 7.33. The predicted molar refractivity (Wildman–Crippen MR) is 111 cm³/mol. The number of carbonyl (C=O) groups is 2. The summed E-state index contributed by atoms with van der Waals surface area (Å²) >= 11 is 3.40. The van der Waals surface area contributed by atoms with Crippen LogP contribution in [0.5, 0.6) is 11.5 Å². The summed E-state index contributed by atoms with van der Waals surface area (Å²) in [6.07, 6.45) is 0. The first-order valence-electron chi connectivity index (χ1n) is 9.57. The van der Waals surface area contributed by atoms with Crippen molar-refractivity contribution in [2.24, 2.45) is 0 Å². The number of hydrogen-bond donors (Lipinski definition) is 1. The molecule has 3 heterocycles.